The summed E-state index contributed by atoms with van der Waals surface area (Å²) in [7, 11) is 0. The molecule has 0 amide bonds. The molecule has 2 aromatic rings. The summed E-state index contributed by atoms with van der Waals surface area (Å²) < 4.78 is 8.73. The Labute approximate surface area is 128 Å². The lowest BCUT2D eigenvalue weighted by Crippen LogP contribution is -2.12. The standard InChI is InChI=1S/C15H20BrN3O/c1-10(17)15-11(2)18-19(12(15)3)8-9-20-14-6-4-13(16)5-7-14/h4-7,10H,8-9,17H2,1-3H3. The molecule has 2 rings (SSSR count). The molecule has 0 saturated heterocycles. The second-order valence-corrected chi connectivity index (χ2v) is 5.81. The van der Waals surface area contributed by atoms with Crippen LogP contribution < -0.4 is 10.5 Å². The van der Waals surface area contributed by atoms with Crippen LogP contribution in [0, 0.1) is 13.8 Å². The summed E-state index contributed by atoms with van der Waals surface area (Å²) in [4.78, 5) is 0. The molecule has 0 aliphatic rings. The minimum absolute atomic E-state index is 0.0103. The minimum Gasteiger partial charge on any atom is -0.492 e. The van der Waals surface area contributed by atoms with E-state index in [2.05, 4.69) is 28.0 Å². The zero-order chi connectivity index (χ0) is 14.7. The van der Waals surface area contributed by atoms with Crippen LogP contribution in [0.15, 0.2) is 28.7 Å². The number of aryl methyl sites for hydroxylation is 1. The van der Waals surface area contributed by atoms with E-state index in [0.29, 0.717) is 6.61 Å². The molecule has 1 aromatic carbocycles. The summed E-state index contributed by atoms with van der Waals surface area (Å²) in [5, 5.41) is 4.53. The fraction of sp³-hybridized carbons (Fsp3) is 0.400. The number of benzene rings is 1. The number of ether oxygens (including phenoxy) is 1. The Hall–Kier alpha value is -1.33. The number of nitrogens with zero attached hydrogens (tertiary/aromatic N) is 2. The van der Waals surface area contributed by atoms with Crippen molar-refractivity contribution in [1.29, 1.82) is 0 Å². The number of nitrogens with two attached hydrogens (primary N) is 1. The topological polar surface area (TPSA) is 53.1 Å². The summed E-state index contributed by atoms with van der Waals surface area (Å²) in [5.74, 6) is 0.863. The van der Waals surface area contributed by atoms with Crippen LogP contribution in [-0.2, 0) is 6.54 Å². The molecule has 2 N–H and O–H groups in total. The highest BCUT2D eigenvalue weighted by molar-refractivity contribution is 9.10. The fourth-order valence-electron chi connectivity index (χ4n) is 2.37. The van der Waals surface area contributed by atoms with Crippen LogP contribution in [0.3, 0.4) is 0 Å². The molecule has 1 heterocycles. The highest BCUT2D eigenvalue weighted by Crippen LogP contribution is 2.20. The molecule has 0 aliphatic heterocycles. The van der Waals surface area contributed by atoms with E-state index in [-0.39, 0.29) is 6.04 Å². The van der Waals surface area contributed by atoms with Gasteiger partial charge in [0.2, 0.25) is 0 Å². The van der Waals surface area contributed by atoms with E-state index in [1.165, 1.54) is 0 Å². The maximum absolute atomic E-state index is 5.97. The van der Waals surface area contributed by atoms with Crippen molar-refractivity contribution in [2.24, 2.45) is 5.73 Å². The van der Waals surface area contributed by atoms with Crippen molar-refractivity contribution >= 4 is 15.9 Å². The Morgan fingerprint density at radius 1 is 1.30 bits per heavy atom. The van der Waals surface area contributed by atoms with Crippen LogP contribution in [0.25, 0.3) is 0 Å². The van der Waals surface area contributed by atoms with E-state index in [1.807, 2.05) is 42.8 Å². The van der Waals surface area contributed by atoms with Crippen LogP contribution in [-0.4, -0.2) is 16.4 Å². The van der Waals surface area contributed by atoms with E-state index in [1.54, 1.807) is 0 Å². The zero-order valence-corrected chi connectivity index (χ0v) is 13.6. The maximum Gasteiger partial charge on any atom is 0.119 e. The molecule has 20 heavy (non-hydrogen) atoms. The Morgan fingerprint density at radius 3 is 2.50 bits per heavy atom. The third kappa shape index (κ3) is 3.41. The van der Waals surface area contributed by atoms with Crippen molar-refractivity contribution in [3.05, 3.63) is 45.7 Å². The van der Waals surface area contributed by atoms with Crippen LogP contribution in [0.1, 0.15) is 29.9 Å². The van der Waals surface area contributed by atoms with Gasteiger partial charge in [0.1, 0.15) is 12.4 Å². The second kappa shape index (κ2) is 6.41. The van der Waals surface area contributed by atoms with Crippen molar-refractivity contribution < 1.29 is 4.74 Å². The van der Waals surface area contributed by atoms with E-state index in [0.717, 1.165) is 33.7 Å². The van der Waals surface area contributed by atoms with Crippen LogP contribution in [0.2, 0.25) is 0 Å². The highest BCUT2D eigenvalue weighted by atomic mass is 79.9. The van der Waals surface area contributed by atoms with Crippen molar-refractivity contribution in [2.45, 2.75) is 33.4 Å². The molecule has 5 heteroatoms. The number of hydrogen-bond donors (Lipinski definition) is 1. The zero-order valence-electron chi connectivity index (χ0n) is 12.1. The molecule has 1 atom stereocenters. The lowest BCUT2D eigenvalue weighted by Gasteiger charge is -2.09. The Morgan fingerprint density at radius 2 is 1.95 bits per heavy atom. The average molecular weight is 338 g/mol. The molecule has 0 fully saturated rings. The first-order valence-electron chi connectivity index (χ1n) is 6.67. The Bertz CT molecular complexity index is 576. The largest absolute Gasteiger partial charge is 0.492 e. The summed E-state index contributed by atoms with van der Waals surface area (Å²) in [5.41, 5.74) is 9.23. The monoisotopic (exact) mass is 337 g/mol. The van der Waals surface area contributed by atoms with Crippen LogP contribution >= 0.6 is 15.9 Å². The summed E-state index contributed by atoms with van der Waals surface area (Å²) in [6.45, 7) is 7.34. The molecule has 0 aliphatic carbocycles. The third-order valence-corrected chi connectivity index (χ3v) is 3.81. The van der Waals surface area contributed by atoms with Gasteiger partial charge < -0.3 is 10.5 Å². The van der Waals surface area contributed by atoms with Crippen molar-refractivity contribution in [1.82, 2.24) is 9.78 Å². The molecular formula is C15H20BrN3O. The lowest BCUT2D eigenvalue weighted by atomic mass is 10.1. The average Bonchev–Trinajstić information content (AvgIpc) is 2.67. The van der Waals surface area contributed by atoms with Gasteiger partial charge in [0.05, 0.1) is 12.2 Å². The predicted molar refractivity (Wildman–Crippen MR) is 83.9 cm³/mol. The van der Waals surface area contributed by atoms with Crippen molar-refractivity contribution in [3.8, 4) is 5.75 Å². The SMILES string of the molecule is Cc1nn(CCOc2ccc(Br)cc2)c(C)c1C(C)N. The molecule has 0 spiro atoms. The summed E-state index contributed by atoms with van der Waals surface area (Å²) >= 11 is 3.40. The highest BCUT2D eigenvalue weighted by Gasteiger charge is 2.14. The number of halogens is 1. The maximum atomic E-state index is 5.97. The van der Waals surface area contributed by atoms with Crippen molar-refractivity contribution in [3.63, 3.8) is 0 Å². The molecule has 0 bridgehead atoms. The predicted octanol–water partition coefficient (Wildman–Crippen LogP) is 3.36. The van der Waals surface area contributed by atoms with Crippen LogP contribution in [0.4, 0.5) is 0 Å². The Kier molecular flexibility index (Phi) is 4.83. The molecule has 0 radical (unpaired) electrons. The number of aromatic nitrogens is 2. The van der Waals surface area contributed by atoms with Gasteiger partial charge in [-0.15, -0.1) is 0 Å². The third-order valence-electron chi connectivity index (χ3n) is 3.28. The van der Waals surface area contributed by atoms with Gasteiger partial charge in [-0.1, -0.05) is 15.9 Å². The normalized spacial score (nSPS) is 12.4. The number of hydrogen-bond acceptors (Lipinski definition) is 3. The number of rotatable bonds is 5. The first-order chi connectivity index (χ1) is 9.49. The van der Waals surface area contributed by atoms with Gasteiger partial charge in [-0.05, 0) is 45.0 Å². The van der Waals surface area contributed by atoms with Gasteiger partial charge in [-0.3, -0.25) is 4.68 Å². The summed E-state index contributed by atoms with van der Waals surface area (Å²) in [6, 6.07) is 7.83. The van der Waals surface area contributed by atoms with Gasteiger partial charge >= 0.3 is 0 Å². The van der Waals surface area contributed by atoms with Gasteiger partial charge in [0, 0.05) is 21.8 Å². The molecular weight excluding hydrogens is 318 g/mol. The van der Waals surface area contributed by atoms with Gasteiger partial charge in [0.15, 0.2) is 0 Å². The fourth-order valence-corrected chi connectivity index (χ4v) is 2.63. The molecule has 1 aromatic heterocycles. The second-order valence-electron chi connectivity index (χ2n) is 4.90. The van der Waals surface area contributed by atoms with Crippen LogP contribution in [0.5, 0.6) is 5.75 Å². The molecule has 4 nitrogen and oxygen atoms in total. The van der Waals surface area contributed by atoms with E-state index < -0.39 is 0 Å². The lowest BCUT2D eigenvalue weighted by molar-refractivity contribution is 0.289. The summed E-state index contributed by atoms with van der Waals surface area (Å²) in [6.07, 6.45) is 0. The quantitative estimate of drug-likeness (QED) is 0.909. The van der Waals surface area contributed by atoms with Gasteiger partial charge in [-0.2, -0.15) is 5.10 Å². The van der Waals surface area contributed by atoms with E-state index in [4.69, 9.17) is 10.5 Å². The smallest absolute Gasteiger partial charge is 0.119 e. The van der Waals surface area contributed by atoms with Gasteiger partial charge in [0.25, 0.3) is 0 Å². The van der Waals surface area contributed by atoms with E-state index in [9.17, 15) is 0 Å². The Balaban J connectivity index is 1.98. The molecule has 1 unspecified atom stereocenters. The van der Waals surface area contributed by atoms with Gasteiger partial charge in [-0.25, -0.2) is 0 Å². The molecule has 108 valence electrons. The molecule has 0 saturated carbocycles. The first kappa shape index (κ1) is 15.1. The van der Waals surface area contributed by atoms with E-state index >= 15 is 0 Å². The first-order valence-corrected chi connectivity index (χ1v) is 7.46. The van der Waals surface area contributed by atoms with Crippen molar-refractivity contribution in [2.75, 3.05) is 6.61 Å². The minimum atomic E-state index is 0.0103.